The molecule has 0 aromatic carbocycles. The predicted molar refractivity (Wildman–Crippen MR) is 69.8 cm³/mol. The lowest BCUT2D eigenvalue weighted by Crippen LogP contribution is -2.34. The quantitative estimate of drug-likeness (QED) is 0.519. The molecule has 1 saturated carbocycles. The number of rotatable bonds is 2. The summed E-state index contributed by atoms with van der Waals surface area (Å²) in [7, 11) is 0. The van der Waals surface area contributed by atoms with Crippen molar-refractivity contribution in [3.63, 3.8) is 0 Å². The first-order valence-electron chi connectivity index (χ1n) is 6.66. The van der Waals surface area contributed by atoms with Crippen molar-refractivity contribution in [3.05, 3.63) is 12.7 Å². The second-order valence-corrected chi connectivity index (χ2v) is 5.57. The molecule has 0 bridgehead atoms. The van der Waals surface area contributed by atoms with Crippen molar-refractivity contribution in [1.29, 1.82) is 0 Å². The van der Waals surface area contributed by atoms with Crippen molar-refractivity contribution in [2.45, 2.75) is 30.5 Å². The molecular formula is C12H15N5O4. The van der Waals surface area contributed by atoms with Gasteiger partial charge in [0.25, 0.3) is 0 Å². The summed E-state index contributed by atoms with van der Waals surface area (Å²) in [4.78, 5) is 12.1. The highest BCUT2D eigenvalue weighted by molar-refractivity contribution is 5.81. The monoisotopic (exact) mass is 293 g/mol. The van der Waals surface area contributed by atoms with Crippen LogP contribution in [0.25, 0.3) is 11.2 Å². The minimum absolute atomic E-state index is 0.0870. The van der Waals surface area contributed by atoms with E-state index in [9.17, 15) is 15.3 Å². The van der Waals surface area contributed by atoms with Gasteiger partial charge in [-0.15, -0.1) is 0 Å². The molecule has 1 aliphatic carbocycles. The van der Waals surface area contributed by atoms with Crippen LogP contribution in [-0.2, 0) is 4.74 Å². The van der Waals surface area contributed by atoms with E-state index in [2.05, 4.69) is 15.0 Å². The zero-order chi connectivity index (χ0) is 14.8. The van der Waals surface area contributed by atoms with E-state index in [-0.39, 0.29) is 18.3 Å². The summed E-state index contributed by atoms with van der Waals surface area (Å²) in [6.07, 6.45) is 0.257. The smallest absolute Gasteiger partial charge is 0.167 e. The lowest BCUT2D eigenvalue weighted by Gasteiger charge is -2.16. The Kier molecular flexibility index (Phi) is 2.52. The highest BCUT2D eigenvalue weighted by atomic mass is 16.6. The molecule has 21 heavy (non-hydrogen) atoms. The highest BCUT2D eigenvalue weighted by Gasteiger charge is 2.68. The number of nitrogens with two attached hydrogens (primary N) is 1. The lowest BCUT2D eigenvalue weighted by molar-refractivity contribution is -0.0563. The number of nitrogen functional groups attached to an aromatic ring is 1. The third kappa shape index (κ3) is 1.57. The molecule has 112 valence electrons. The second kappa shape index (κ2) is 4.10. The normalized spacial score (nSPS) is 38.4. The van der Waals surface area contributed by atoms with E-state index in [1.807, 2.05) is 0 Å². The van der Waals surface area contributed by atoms with Gasteiger partial charge in [0.1, 0.15) is 29.7 Å². The van der Waals surface area contributed by atoms with E-state index in [0.29, 0.717) is 17.6 Å². The van der Waals surface area contributed by atoms with Gasteiger partial charge in [-0.25, -0.2) is 15.0 Å². The van der Waals surface area contributed by atoms with Gasteiger partial charge in [-0.1, -0.05) is 0 Å². The second-order valence-electron chi connectivity index (χ2n) is 5.57. The highest BCUT2D eigenvalue weighted by Crippen LogP contribution is 2.57. The number of hydrogen-bond acceptors (Lipinski definition) is 8. The number of imidazole rings is 1. The standard InChI is InChI=1S/C12H15N5O4/c13-9-6-10(15-3-14-9)17(4-16-6)11-7(19)8(20)12(21-11)1-5(12)2-18/h3-5,7-8,11,18-20H,1-2H2,(H2,13,14,15)/t5-,7?,8+,11?,12-/m0/s1. The van der Waals surface area contributed by atoms with Crippen molar-refractivity contribution in [3.8, 4) is 0 Å². The van der Waals surface area contributed by atoms with Gasteiger partial charge in [0.05, 0.1) is 6.33 Å². The number of nitrogens with zero attached hydrogens (tertiary/aromatic N) is 4. The molecule has 0 radical (unpaired) electrons. The zero-order valence-electron chi connectivity index (χ0n) is 11.0. The van der Waals surface area contributed by atoms with Crippen LogP contribution in [-0.4, -0.2) is 59.3 Å². The maximum atomic E-state index is 10.3. The number of ether oxygens (including phenoxy) is 1. The summed E-state index contributed by atoms with van der Waals surface area (Å²) in [5.74, 6) is 0.0720. The molecule has 2 aromatic heterocycles. The Labute approximate surface area is 119 Å². The molecule has 5 N–H and O–H groups in total. The fourth-order valence-electron chi connectivity index (χ4n) is 3.14. The van der Waals surface area contributed by atoms with E-state index in [4.69, 9.17) is 10.5 Å². The molecule has 2 aliphatic rings. The molecule has 3 heterocycles. The summed E-state index contributed by atoms with van der Waals surface area (Å²) < 4.78 is 7.37. The topological polar surface area (TPSA) is 140 Å². The third-order valence-electron chi connectivity index (χ3n) is 4.43. The molecule has 4 rings (SSSR count). The first kappa shape index (κ1) is 12.9. The van der Waals surface area contributed by atoms with Crippen LogP contribution in [0.3, 0.4) is 0 Å². The number of fused-ring (bicyclic) bond motifs is 1. The summed E-state index contributed by atoms with van der Waals surface area (Å²) in [5.41, 5.74) is 5.69. The van der Waals surface area contributed by atoms with Gasteiger partial charge in [-0.2, -0.15) is 0 Å². The van der Waals surface area contributed by atoms with E-state index in [1.54, 1.807) is 0 Å². The Balaban J connectivity index is 1.75. The summed E-state index contributed by atoms with van der Waals surface area (Å²) in [5, 5.41) is 29.7. The fourth-order valence-corrected chi connectivity index (χ4v) is 3.14. The average Bonchev–Trinajstić information content (AvgIpc) is 2.94. The fraction of sp³-hybridized carbons (Fsp3) is 0.583. The molecule has 9 nitrogen and oxygen atoms in total. The average molecular weight is 293 g/mol. The van der Waals surface area contributed by atoms with Gasteiger partial charge < -0.3 is 25.8 Å². The molecule has 1 spiro atoms. The van der Waals surface area contributed by atoms with Crippen molar-refractivity contribution < 1.29 is 20.1 Å². The first-order valence-corrected chi connectivity index (χ1v) is 6.66. The van der Waals surface area contributed by atoms with Crippen LogP contribution < -0.4 is 5.73 Å². The molecule has 1 saturated heterocycles. The van der Waals surface area contributed by atoms with Crippen molar-refractivity contribution >= 4 is 17.0 Å². The lowest BCUT2D eigenvalue weighted by atomic mass is 10.1. The minimum atomic E-state index is -1.13. The van der Waals surface area contributed by atoms with Gasteiger partial charge in [0.15, 0.2) is 17.7 Å². The number of aliphatic hydroxyl groups excluding tert-OH is 3. The molecule has 1 aliphatic heterocycles. The van der Waals surface area contributed by atoms with Crippen LogP contribution in [0.5, 0.6) is 0 Å². The van der Waals surface area contributed by atoms with Crippen molar-refractivity contribution in [1.82, 2.24) is 19.5 Å². The zero-order valence-corrected chi connectivity index (χ0v) is 11.0. The third-order valence-corrected chi connectivity index (χ3v) is 4.43. The Morgan fingerprint density at radius 3 is 2.90 bits per heavy atom. The molecular weight excluding hydrogens is 278 g/mol. The van der Waals surface area contributed by atoms with E-state index >= 15 is 0 Å². The van der Waals surface area contributed by atoms with Crippen LogP contribution in [0.15, 0.2) is 12.7 Å². The predicted octanol–water partition coefficient (Wildman–Crippen LogP) is -1.59. The number of anilines is 1. The summed E-state index contributed by atoms with van der Waals surface area (Å²) in [6.45, 7) is -0.0870. The van der Waals surface area contributed by atoms with Gasteiger partial charge in [0, 0.05) is 12.5 Å². The van der Waals surface area contributed by atoms with Crippen molar-refractivity contribution in [2.75, 3.05) is 12.3 Å². The number of aromatic nitrogens is 4. The SMILES string of the molecule is Nc1ncnc2c1ncn2C1O[C@]2(C[C@H]2CO)[C@H](O)C1O. The molecule has 2 unspecified atom stereocenters. The van der Waals surface area contributed by atoms with Gasteiger partial charge in [-0.3, -0.25) is 4.57 Å². The Morgan fingerprint density at radius 1 is 1.38 bits per heavy atom. The first-order chi connectivity index (χ1) is 10.1. The molecule has 2 aromatic rings. The van der Waals surface area contributed by atoms with Crippen LogP contribution >= 0.6 is 0 Å². The molecule has 2 fully saturated rings. The number of aliphatic hydroxyl groups is 3. The summed E-state index contributed by atoms with van der Waals surface area (Å²) in [6, 6.07) is 0. The van der Waals surface area contributed by atoms with Gasteiger partial charge >= 0.3 is 0 Å². The van der Waals surface area contributed by atoms with Crippen LogP contribution in [0.4, 0.5) is 5.82 Å². The summed E-state index contributed by atoms with van der Waals surface area (Å²) >= 11 is 0. The van der Waals surface area contributed by atoms with Gasteiger partial charge in [-0.05, 0) is 6.42 Å². The van der Waals surface area contributed by atoms with Gasteiger partial charge in [0.2, 0.25) is 0 Å². The Bertz CT molecular complexity index is 706. The van der Waals surface area contributed by atoms with E-state index in [1.165, 1.54) is 17.2 Å². The molecule has 9 heteroatoms. The molecule has 0 amide bonds. The number of hydrogen-bond donors (Lipinski definition) is 4. The van der Waals surface area contributed by atoms with Crippen LogP contribution in [0.1, 0.15) is 12.6 Å². The Hall–Kier alpha value is -1.81. The maximum absolute atomic E-state index is 10.3. The largest absolute Gasteiger partial charge is 0.396 e. The van der Waals surface area contributed by atoms with E-state index < -0.39 is 24.0 Å². The van der Waals surface area contributed by atoms with Crippen LogP contribution in [0.2, 0.25) is 0 Å². The maximum Gasteiger partial charge on any atom is 0.167 e. The Morgan fingerprint density at radius 2 is 2.19 bits per heavy atom. The van der Waals surface area contributed by atoms with Crippen molar-refractivity contribution in [2.24, 2.45) is 5.92 Å². The van der Waals surface area contributed by atoms with E-state index in [0.717, 1.165) is 0 Å². The van der Waals surface area contributed by atoms with Crippen LogP contribution in [0, 0.1) is 5.92 Å². The minimum Gasteiger partial charge on any atom is -0.396 e. The molecule has 5 atom stereocenters.